The zero-order valence-corrected chi connectivity index (χ0v) is 15.4. The molecule has 1 amide bonds. The number of sulfonamides is 1. The summed E-state index contributed by atoms with van der Waals surface area (Å²) in [4.78, 5) is 27.2. The summed E-state index contributed by atoms with van der Waals surface area (Å²) in [5.74, 6) is -0.397. The Balaban J connectivity index is 1.85. The lowest BCUT2D eigenvalue weighted by Crippen LogP contribution is -2.32. The van der Waals surface area contributed by atoms with Crippen LogP contribution in [-0.4, -0.2) is 31.6 Å². The average molecular weight is 375 g/mol. The molecule has 0 unspecified atom stereocenters. The molecule has 2 rings (SSSR count). The number of pyridine rings is 1. The van der Waals surface area contributed by atoms with Gasteiger partial charge < -0.3 is 5.32 Å². The maximum atomic E-state index is 12.2. The monoisotopic (exact) mass is 375 g/mol. The number of aromatic nitrogens is 1. The Hall–Kier alpha value is -2.58. The van der Waals surface area contributed by atoms with E-state index in [1.165, 1.54) is 31.2 Å². The summed E-state index contributed by atoms with van der Waals surface area (Å²) in [6, 6.07) is 9.06. The minimum atomic E-state index is -3.73. The molecule has 0 saturated heterocycles. The van der Waals surface area contributed by atoms with Gasteiger partial charge in [0.25, 0.3) is 0 Å². The van der Waals surface area contributed by atoms with Crippen molar-refractivity contribution < 1.29 is 18.0 Å². The number of nitrogens with one attached hydrogen (secondary N) is 2. The van der Waals surface area contributed by atoms with Gasteiger partial charge in [-0.05, 0) is 43.7 Å². The number of benzene rings is 1. The summed E-state index contributed by atoms with van der Waals surface area (Å²) >= 11 is 0. The van der Waals surface area contributed by atoms with Gasteiger partial charge in [0, 0.05) is 30.9 Å². The number of carbonyl (C=O) groups is 2. The van der Waals surface area contributed by atoms with Crippen LogP contribution in [0.1, 0.15) is 42.2 Å². The minimum absolute atomic E-state index is 0.0141. The van der Waals surface area contributed by atoms with Crippen molar-refractivity contribution >= 4 is 21.7 Å². The Morgan fingerprint density at radius 2 is 1.69 bits per heavy atom. The van der Waals surface area contributed by atoms with E-state index in [0.717, 1.165) is 5.56 Å². The largest absolute Gasteiger partial charge is 0.350 e. The average Bonchev–Trinajstić information content (AvgIpc) is 2.62. The third-order valence-corrected chi connectivity index (χ3v) is 5.28. The molecule has 0 aliphatic heterocycles. The first-order chi connectivity index (χ1) is 12.3. The molecule has 1 aromatic heterocycles. The van der Waals surface area contributed by atoms with Crippen LogP contribution < -0.4 is 10.0 Å². The van der Waals surface area contributed by atoms with Crippen LogP contribution in [0, 0.1) is 0 Å². The molecule has 1 heterocycles. The second kappa shape index (κ2) is 8.68. The van der Waals surface area contributed by atoms with Gasteiger partial charge in [0.2, 0.25) is 15.9 Å². The Bertz CT molecular complexity index is 865. The predicted molar refractivity (Wildman–Crippen MR) is 97.0 cm³/mol. The number of hydrogen-bond acceptors (Lipinski definition) is 5. The van der Waals surface area contributed by atoms with E-state index in [2.05, 4.69) is 15.0 Å². The first-order valence-electron chi connectivity index (χ1n) is 8.09. The molecule has 2 N–H and O–H groups in total. The minimum Gasteiger partial charge on any atom is -0.350 e. The first-order valence-corrected chi connectivity index (χ1v) is 9.58. The van der Waals surface area contributed by atoms with E-state index < -0.39 is 10.0 Å². The number of amides is 1. The highest BCUT2D eigenvalue weighted by Gasteiger charge is 2.15. The van der Waals surface area contributed by atoms with Crippen molar-refractivity contribution in [2.45, 2.75) is 31.2 Å². The fourth-order valence-corrected chi connectivity index (χ4v) is 3.33. The van der Waals surface area contributed by atoms with Crippen LogP contribution in [0.2, 0.25) is 0 Å². The second-order valence-corrected chi connectivity index (χ2v) is 7.57. The van der Waals surface area contributed by atoms with Crippen LogP contribution in [0.25, 0.3) is 0 Å². The van der Waals surface area contributed by atoms with Gasteiger partial charge in [-0.3, -0.25) is 14.6 Å². The van der Waals surface area contributed by atoms with Crippen LogP contribution in [0.4, 0.5) is 0 Å². The molecule has 1 aromatic carbocycles. The van der Waals surface area contributed by atoms with E-state index in [9.17, 15) is 18.0 Å². The lowest BCUT2D eigenvalue weighted by Gasteiger charge is -2.14. The van der Waals surface area contributed by atoms with E-state index in [1.807, 2.05) is 6.92 Å². The molecule has 8 heteroatoms. The zero-order chi connectivity index (χ0) is 19.2. The summed E-state index contributed by atoms with van der Waals surface area (Å²) in [5.41, 5.74) is 1.35. The molecule has 7 nitrogen and oxygen atoms in total. The molecule has 0 aliphatic carbocycles. The molecule has 138 valence electrons. The smallest absolute Gasteiger partial charge is 0.240 e. The van der Waals surface area contributed by atoms with E-state index in [4.69, 9.17) is 0 Å². The van der Waals surface area contributed by atoms with Gasteiger partial charge in [-0.15, -0.1) is 0 Å². The molecular formula is C18H21N3O4S. The van der Waals surface area contributed by atoms with Gasteiger partial charge in [-0.1, -0.05) is 12.1 Å². The summed E-state index contributed by atoms with van der Waals surface area (Å²) in [7, 11) is -3.73. The van der Waals surface area contributed by atoms with Crippen molar-refractivity contribution in [3.63, 3.8) is 0 Å². The van der Waals surface area contributed by atoms with Gasteiger partial charge in [-0.2, -0.15) is 0 Å². The molecule has 2 aromatic rings. The topological polar surface area (TPSA) is 105 Å². The molecule has 0 radical (unpaired) electrons. The Morgan fingerprint density at radius 1 is 1.08 bits per heavy atom. The maximum Gasteiger partial charge on any atom is 0.240 e. The number of Topliss-reactive ketones (excluding diaryl/α,β-unsaturated/α-hetero) is 1. The van der Waals surface area contributed by atoms with Crippen LogP contribution in [0.5, 0.6) is 0 Å². The predicted octanol–water partition coefficient (Wildman–Crippen LogP) is 1.83. The summed E-state index contributed by atoms with van der Waals surface area (Å²) in [6.45, 7) is 3.23. The highest BCUT2D eigenvalue weighted by atomic mass is 32.2. The van der Waals surface area contributed by atoms with E-state index in [0.29, 0.717) is 5.56 Å². The molecule has 26 heavy (non-hydrogen) atoms. The third kappa shape index (κ3) is 5.47. The van der Waals surface area contributed by atoms with E-state index in [-0.39, 0.29) is 35.6 Å². The van der Waals surface area contributed by atoms with Crippen molar-refractivity contribution in [2.75, 3.05) is 6.54 Å². The van der Waals surface area contributed by atoms with Crippen LogP contribution in [0.3, 0.4) is 0 Å². The van der Waals surface area contributed by atoms with Gasteiger partial charge in [0.05, 0.1) is 10.9 Å². The molecule has 0 aliphatic rings. The first kappa shape index (κ1) is 19.7. The lowest BCUT2D eigenvalue weighted by molar-refractivity contribution is -0.121. The van der Waals surface area contributed by atoms with Crippen molar-refractivity contribution in [2.24, 2.45) is 0 Å². The number of nitrogens with zero attached hydrogens (tertiary/aromatic N) is 1. The van der Waals surface area contributed by atoms with Crippen molar-refractivity contribution in [3.8, 4) is 0 Å². The van der Waals surface area contributed by atoms with Crippen LogP contribution >= 0.6 is 0 Å². The standard InChI is InChI=1S/C18H21N3O4S/c1-13(15-7-10-19-11-8-15)21-18(23)9-12-20-26(24,25)17-5-3-16(4-6-17)14(2)22/h3-8,10-11,13,20H,9,12H2,1-2H3,(H,21,23)/t13-/m0/s1. The number of carbonyl (C=O) groups excluding carboxylic acids is 2. The number of ketones is 1. The summed E-state index contributed by atoms with van der Waals surface area (Å²) in [6.07, 6.45) is 3.30. The molecule has 0 bridgehead atoms. The van der Waals surface area contributed by atoms with Gasteiger partial charge in [-0.25, -0.2) is 13.1 Å². The van der Waals surface area contributed by atoms with E-state index in [1.54, 1.807) is 24.5 Å². The molecule has 0 spiro atoms. The Kier molecular flexibility index (Phi) is 6.59. The normalized spacial score (nSPS) is 12.4. The third-order valence-electron chi connectivity index (χ3n) is 3.80. The van der Waals surface area contributed by atoms with Gasteiger partial charge in [0.15, 0.2) is 5.78 Å². The lowest BCUT2D eigenvalue weighted by atomic mass is 10.1. The molecule has 0 saturated carbocycles. The summed E-state index contributed by atoms with van der Waals surface area (Å²) < 4.78 is 26.8. The SMILES string of the molecule is CC(=O)c1ccc(S(=O)(=O)NCCC(=O)N[C@@H](C)c2ccncc2)cc1. The second-order valence-electron chi connectivity index (χ2n) is 5.80. The number of rotatable bonds is 8. The van der Waals surface area contributed by atoms with E-state index >= 15 is 0 Å². The molecular weight excluding hydrogens is 354 g/mol. The Labute approximate surface area is 152 Å². The van der Waals surface area contributed by atoms with Gasteiger partial charge in [0.1, 0.15) is 0 Å². The maximum absolute atomic E-state index is 12.2. The van der Waals surface area contributed by atoms with Crippen molar-refractivity contribution in [1.82, 2.24) is 15.0 Å². The van der Waals surface area contributed by atoms with Crippen molar-refractivity contribution in [1.29, 1.82) is 0 Å². The van der Waals surface area contributed by atoms with Crippen LogP contribution in [0.15, 0.2) is 53.7 Å². The van der Waals surface area contributed by atoms with Gasteiger partial charge >= 0.3 is 0 Å². The summed E-state index contributed by atoms with van der Waals surface area (Å²) in [5, 5.41) is 2.80. The fraction of sp³-hybridized carbons (Fsp3) is 0.278. The zero-order valence-electron chi connectivity index (χ0n) is 14.6. The Morgan fingerprint density at radius 3 is 2.27 bits per heavy atom. The molecule has 0 fully saturated rings. The highest BCUT2D eigenvalue weighted by molar-refractivity contribution is 7.89. The molecule has 1 atom stereocenters. The fourth-order valence-electron chi connectivity index (χ4n) is 2.30. The van der Waals surface area contributed by atoms with Crippen LogP contribution in [-0.2, 0) is 14.8 Å². The quantitative estimate of drug-likeness (QED) is 0.685. The number of hydrogen-bond donors (Lipinski definition) is 2. The van der Waals surface area contributed by atoms with Crippen molar-refractivity contribution in [3.05, 3.63) is 59.9 Å². The highest BCUT2D eigenvalue weighted by Crippen LogP contribution is 2.12.